The van der Waals surface area contributed by atoms with Gasteiger partial charge in [0.15, 0.2) is 0 Å². The van der Waals surface area contributed by atoms with Crippen molar-refractivity contribution in [3.8, 4) is 16.9 Å². The first-order valence-corrected chi connectivity index (χ1v) is 8.20. The third kappa shape index (κ3) is 3.44. The Balaban J connectivity index is 1.70. The lowest BCUT2D eigenvalue weighted by atomic mass is 10.1. The average molecular weight is 345 g/mol. The fourth-order valence-corrected chi connectivity index (χ4v) is 2.67. The molecule has 0 spiro atoms. The highest BCUT2D eigenvalue weighted by molar-refractivity contribution is 5.63. The molecule has 0 unspecified atom stereocenters. The van der Waals surface area contributed by atoms with Crippen LogP contribution in [0.15, 0.2) is 79.3 Å². The molecule has 0 saturated heterocycles. The molecule has 0 aliphatic carbocycles. The quantitative estimate of drug-likeness (QED) is 0.592. The number of nitrogens with zero attached hydrogens (tertiary/aromatic N) is 4. The maximum Gasteiger partial charge on any atom is 0.222 e. The van der Waals surface area contributed by atoms with E-state index in [0.29, 0.717) is 12.5 Å². The van der Waals surface area contributed by atoms with Gasteiger partial charge in [-0.05, 0) is 42.5 Å². The predicted octanol–water partition coefficient (Wildman–Crippen LogP) is 4.08. The van der Waals surface area contributed by atoms with Crippen molar-refractivity contribution in [2.75, 3.05) is 5.32 Å². The molecule has 0 amide bonds. The van der Waals surface area contributed by atoms with Crippen molar-refractivity contribution in [3.05, 3.63) is 90.6 Å². The van der Waals surface area contributed by atoms with Crippen LogP contribution >= 0.6 is 0 Å². The van der Waals surface area contributed by atoms with Crippen LogP contribution in [0.1, 0.15) is 5.56 Å². The van der Waals surface area contributed by atoms with Crippen LogP contribution in [0.5, 0.6) is 0 Å². The molecule has 6 heteroatoms. The lowest BCUT2D eigenvalue weighted by Gasteiger charge is -2.04. The van der Waals surface area contributed by atoms with Gasteiger partial charge in [0, 0.05) is 36.3 Å². The fourth-order valence-electron chi connectivity index (χ4n) is 2.67. The van der Waals surface area contributed by atoms with Crippen LogP contribution in [0.3, 0.4) is 0 Å². The summed E-state index contributed by atoms with van der Waals surface area (Å²) in [6.45, 7) is 0.504. The van der Waals surface area contributed by atoms with Gasteiger partial charge in [-0.3, -0.25) is 0 Å². The van der Waals surface area contributed by atoms with E-state index in [9.17, 15) is 4.39 Å². The summed E-state index contributed by atoms with van der Waals surface area (Å²) in [4.78, 5) is 8.35. The summed E-state index contributed by atoms with van der Waals surface area (Å²) in [5.74, 6) is 0.276. The van der Waals surface area contributed by atoms with E-state index in [2.05, 4.69) is 15.3 Å². The molecule has 0 fully saturated rings. The van der Waals surface area contributed by atoms with Crippen molar-refractivity contribution in [3.63, 3.8) is 0 Å². The number of hydrogen-bond donors (Lipinski definition) is 1. The van der Waals surface area contributed by atoms with Crippen molar-refractivity contribution in [2.45, 2.75) is 6.54 Å². The Morgan fingerprint density at radius 2 is 1.62 bits per heavy atom. The van der Waals surface area contributed by atoms with Gasteiger partial charge in [0.25, 0.3) is 0 Å². The number of nitrogens with one attached hydrogen (secondary N) is 1. The zero-order valence-electron chi connectivity index (χ0n) is 13.9. The van der Waals surface area contributed by atoms with Gasteiger partial charge >= 0.3 is 0 Å². The average Bonchev–Trinajstić information content (AvgIpc) is 3.13. The van der Waals surface area contributed by atoms with Crippen LogP contribution < -0.4 is 5.32 Å². The molecule has 0 atom stereocenters. The molecule has 0 bridgehead atoms. The maximum atomic E-state index is 13.3. The Hall–Kier alpha value is -3.54. The molecule has 2 aromatic heterocycles. The molecule has 0 saturated carbocycles. The number of para-hydroxylation sites is 1. The molecule has 4 rings (SSSR count). The van der Waals surface area contributed by atoms with Gasteiger partial charge in [0.2, 0.25) is 5.95 Å². The summed E-state index contributed by atoms with van der Waals surface area (Å²) in [6.07, 6.45) is 5.33. The van der Waals surface area contributed by atoms with Crippen LogP contribution in [0.4, 0.5) is 10.3 Å². The van der Waals surface area contributed by atoms with E-state index >= 15 is 0 Å². The Morgan fingerprint density at radius 3 is 2.35 bits per heavy atom. The zero-order valence-corrected chi connectivity index (χ0v) is 13.9. The van der Waals surface area contributed by atoms with E-state index in [1.165, 1.54) is 12.1 Å². The van der Waals surface area contributed by atoms with Gasteiger partial charge in [-0.25, -0.2) is 19.0 Å². The Labute approximate surface area is 150 Å². The zero-order chi connectivity index (χ0) is 17.8. The van der Waals surface area contributed by atoms with Crippen molar-refractivity contribution in [1.82, 2.24) is 19.7 Å². The Kier molecular flexibility index (Phi) is 4.38. The summed E-state index contributed by atoms with van der Waals surface area (Å²) in [7, 11) is 0. The second-order valence-electron chi connectivity index (χ2n) is 5.72. The smallest absolute Gasteiger partial charge is 0.222 e. The summed E-state index contributed by atoms with van der Waals surface area (Å²) in [6, 6.07) is 18.0. The van der Waals surface area contributed by atoms with E-state index in [0.717, 1.165) is 22.5 Å². The van der Waals surface area contributed by atoms with E-state index < -0.39 is 0 Å². The largest absolute Gasteiger partial charge is 0.350 e. The van der Waals surface area contributed by atoms with Crippen molar-refractivity contribution in [1.29, 1.82) is 0 Å². The molecule has 128 valence electrons. The second kappa shape index (κ2) is 7.14. The van der Waals surface area contributed by atoms with Gasteiger partial charge < -0.3 is 5.32 Å². The third-order valence-electron chi connectivity index (χ3n) is 3.93. The molecule has 0 aliphatic heterocycles. The number of benzene rings is 2. The van der Waals surface area contributed by atoms with Crippen LogP contribution in [0.25, 0.3) is 16.9 Å². The minimum atomic E-state index is -0.270. The SMILES string of the molecule is Fc1ccc(-c2nn(-c3ccccc3)cc2CNc2ncccn2)cc1. The van der Waals surface area contributed by atoms with E-state index in [1.807, 2.05) is 41.2 Å². The van der Waals surface area contributed by atoms with Crippen molar-refractivity contribution >= 4 is 5.95 Å². The number of aromatic nitrogens is 4. The normalized spacial score (nSPS) is 10.7. The minimum absolute atomic E-state index is 0.270. The highest BCUT2D eigenvalue weighted by Gasteiger charge is 2.13. The topological polar surface area (TPSA) is 55.6 Å². The van der Waals surface area contributed by atoms with Gasteiger partial charge in [0.05, 0.1) is 11.4 Å². The number of anilines is 1. The van der Waals surface area contributed by atoms with Crippen LogP contribution in [-0.2, 0) is 6.54 Å². The van der Waals surface area contributed by atoms with Crippen LogP contribution in [0, 0.1) is 5.82 Å². The minimum Gasteiger partial charge on any atom is -0.350 e. The molecule has 26 heavy (non-hydrogen) atoms. The van der Waals surface area contributed by atoms with Crippen molar-refractivity contribution in [2.24, 2.45) is 0 Å². The molecule has 4 aromatic rings. The summed E-state index contributed by atoms with van der Waals surface area (Å²) < 4.78 is 15.1. The Morgan fingerprint density at radius 1 is 0.885 bits per heavy atom. The molecule has 1 N–H and O–H groups in total. The molecule has 5 nitrogen and oxygen atoms in total. The summed E-state index contributed by atoms with van der Waals surface area (Å²) in [5.41, 5.74) is 3.56. The third-order valence-corrected chi connectivity index (χ3v) is 3.93. The maximum absolute atomic E-state index is 13.3. The molecule has 0 radical (unpaired) electrons. The van der Waals surface area contributed by atoms with Crippen molar-refractivity contribution < 1.29 is 4.39 Å². The van der Waals surface area contributed by atoms with E-state index in [-0.39, 0.29) is 5.82 Å². The first kappa shape index (κ1) is 16.0. The summed E-state index contributed by atoms with van der Waals surface area (Å²) >= 11 is 0. The molecular formula is C20H16FN5. The summed E-state index contributed by atoms with van der Waals surface area (Å²) in [5, 5.41) is 7.90. The highest BCUT2D eigenvalue weighted by atomic mass is 19.1. The Bertz CT molecular complexity index is 982. The van der Waals surface area contributed by atoms with Gasteiger partial charge in [-0.1, -0.05) is 18.2 Å². The fraction of sp³-hybridized carbons (Fsp3) is 0.0500. The molecule has 0 aliphatic rings. The predicted molar refractivity (Wildman–Crippen MR) is 98.3 cm³/mol. The lowest BCUT2D eigenvalue weighted by molar-refractivity contribution is 0.628. The number of rotatable bonds is 5. The first-order chi connectivity index (χ1) is 12.8. The monoisotopic (exact) mass is 345 g/mol. The molecule has 2 heterocycles. The standard InChI is InChI=1S/C20H16FN5/c21-17-9-7-15(8-10-17)19-16(13-24-20-22-11-4-12-23-20)14-26(25-19)18-5-2-1-3-6-18/h1-12,14H,13H2,(H,22,23,24). The number of halogens is 1. The van der Waals surface area contributed by atoms with E-state index in [4.69, 9.17) is 5.10 Å². The molecular weight excluding hydrogens is 329 g/mol. The number of hydrogen-bond acceptors (Lipinski definition) is 4. The van der Waals surface area contributed by atoms with Gasteiger partial charge in [-0.15, -0.1) is 0 Å². The lowest BCUT2D eigenvalue weighted by Crippen LogP contribution is -2.03. The van der Waals surface area contributed by atoms with Gasteiger partial charge in [-0.2, -0.15) is 5.10 Å². The first-order valence-electron chi connectivity index (χ1n) is 8.20. The van der Waals surface area contributed by atoms with Gasteiger partial charge in [0.1, 0.15) is 5.82 Å². The van der Waals surface area contributed by atoms with Crippen LogP contribution in [0.2, 0.25) is 0 Å². The van der Waals surface area contributed by atoms with Crippen LogP contribution in [-0.4, -0.2) is 19.7 Å². The molecule has 2 aromatic carbocycles. The second-order valence-corrected chi connectivity index (χ2v) is 5.72. The van der Waals surface area contributed by atoms with E-state index in [1.54, 1.807) is 30.6 Å². The highest BCUT2D eigenvalue weighted by Crippen LogP contribution is 2.24.